The van der Waals surface area contributed by atoms with Gasteiger partial charge in [0.25, 0.3) is 0 Å². The molecule has 0 spiro atoms. The van der Waals surface area contributed by atoms with Crippen molar-refractivity contribution in [2.75, 3.05) is 0 Å². The van der Waals surface area contributed by atoms with Crippen LogP contribution >= 0.6 is 0 Å². The summed E-state index contributed by atoms with van der Waals surface area (Å²) in [5.74, 6) is -0.439. The Labute approximate surface area is 266 Å². The lowest BCUT2D eigenvalue weighted by Gasteiger charge is -2.25. The van der Waals surface area contributed by atoms with Crippen LogP contribution in [0, 0.1) is 0 Å². The molecule has 0 aromatic heterocycles. The zero-order valence-electron chi connectivity index (χ0n) is 25.0. The summed E-state index contributed by atoms with van der Waals surface area (Å²) in [5.41, 5.74) is 4.69. The third kappa shape index (κ3) is 9.21. The van der Waals surface area contributed by atoms with Crippen LogP contribution in [0.2, 0.25) is 0 Å². The first-order chi connectivity index (χ1) is 21.9. The number of hydrogen-bond acceptors (Lipinski definition) is 10. The van der Waals surface area contributed by atoms with Crippen molar-refractivity contribution in [1.29, 1.82) is 0 Å². The summed E-state index contributed by atoms with van der Waals surface area (Å²) in [6, 6.07) is 25.6. The molecule has 0 aliphatic heterocycles. The molecule has 0 bridgehead atoms. The minimum Gasteiger partial charge on any atom is -0.508 e. The summed E-state index contributed by atoms with van der Waals surface area (Å²) in [5, 5.41) is 80.0. The third-order valence-corrected chi connectivity index (χ3v) is 7.31. The molecule has 0 atom stereocenters. The van der Waals surface area contributed by atoms with Crippen LogP contribution in [0.1, 0.15) is 33.4 Å². The summed E-state index contributed by atoms with van der Waals surface area (Å²) >= 11 is 0. The molecule has 0 fully saturated rings. The molecule has 0 heterocycles. The van der Waals surface area contributed by atoms with Gasteiger partial charge < -0.3 is 40.9 Å². The van der Waals surface area contributed by atoms with Crippen molar-refractivity contribution in [1.82, 2.24) is 9.80 Å². The fraction of sp³-hybridized carbons (Fsp3) is 0.167. The van der Waals surface area contributed by atoms with Crippen LogP contribution in [0.4, 0.5) is 0 Å². The molecule has 0 saturated carbocycles. The van der Waals surface area contributed by atoms with Crippen molar-refractivity contribution in [3.8, 4) is 46.0 Å². The summed E-state index contributed by atoms with van der Waals surface area (Å²) in [4.78, 5) is 4.10. The van der Waals surface area contributed by atoms with E-state index in [1.165, 1.54) is 24.3 Å². The molecule has 0 unspecified atom stereocenters. The average Bonchev–Trinajstić information content (AvgIpc) is 2.92. The van der Waals surface area contributed by atoms with E-state index >= 15 is 0 Å². The van der Waals surface area contributed by atoms with Gasteiger partial charge in [0, 0.05) is 63.5 Å². The van der Waals surface area contributed by atoms with Gasteiger partial charge in [0.15, 0.2) is 0 Å². The topological polar surface area (TPSA) is 168 Å². The smallest absolute Gasteiger partial charge is 0.119 e. The van der Waals surface area contributed by atoms with Crippen LogP contribution in [-0.2, 0) is 39.3 Å². The molecule has 10 nitrogen and oxygen atoms in total. The van der Waals surface area contributed by atoms with Crippen molar-refractivity contribution in [2.45, 2.75) is 39.3 Å². The fourth-order valence-electron chi connectivity index (χ4n) is 5.63. The molecule has 0 aliphatic rings. The van der Waals surface area contributed by atoms with Gasteiger partial charge >= 0.3 is 0 Å². The van der Waals surface area contributed by atoms with Crippen LogP contribution < -0.4 is 0 Å². The second-order valence-corrected chi connectivity index (χ2v) is 11.5. The SMILES string of the molecule is Oc1cc(O)cc(CN(Cc2ccc(CN(Cc3cc(O)cc(O)c3)Cc3cc(O)cc(O)c3)cc2)Cc2cc(O)cc(O)c2)c1. The van der Waals surface area contributed by atoms with E-state index in [1.807, 2.05) is 34.1 Å². The van der Waals surface area contributed by atoms with E-state index in [-0.39, 0.29) is 46.0 Å². The van der Waals surface area contributed by atoms with Gasteiger partial charge in [-0.1, -0.05) is 24.3 Å². The van der Waals surface area contributed by atoms with Gasteiger partial charge in [0.1, 0.15) is 46.0 Å². The number of hydrogen-bond donors (Lipinski definition) is 8. The Morgan fingerprint density at radius 1 is 0.261 bits per heavy atom. The molecule has 5 rings (SSSR count). The molecule has 0 aliphatic carbocycles. The minimum atomic E-state index is -0.0549. The Balaban J connectivity index is 1.35. The first-order valence-corrected chi connectivity index (χ1v) is 14.6. The lowest BCUT2D eigenvalue weighted by atomic mass is 10.1. The standard InChI is InChI=1S/C36H36N2O8/c39-29-5-25(6-30(40)13-29)19-37(20-26-7-31(41)14-32(42)8-26)17-23-1-2-24(4-3-23)18-38(21-27-9-33(43)15-34(44)10-27)22-28-11-35(45)16-36(46)12-28/h1-16,39-46H,17-22H2. The number of phenols is 8. The van der Waals surface area contributed by atoms with Gasteiger partial charge in [-0.25, -0.2) is 0 Å². The van der Waals surface area contributed by atoms with E-state index in [0.717, 1.165) is 11.1 Å². The van der Waals surface area contributed by atoms with Crippen molar-refractivity contribution in [2.24, 2.45) is 0 Å². The van der Waals surface area contributed by atoms with E-state index < -0.39 is 0 Å². The molecule has 8 N–H and O–H groups in total. The number of rotatable bonds is 12. The lowest BCUT2D eigenvalue weighted by molar-refractivity contribution is 0.244. The second kappa shape index (κ2) is 14.0. The maximum atomic E-state index is 10.0. The van der Waals surface area contributed by atoms with E-state index in [2.05, 4.69) is 0 Å². The second-order valence-electron chi connectivity index (χ2n) is 11.5. The highest BCUT2D eigenvalue weighted by atomic mass is 16.3. The van der Waals surface area contributed by atoms with E-state index in [1.54, 1.807) is 48.5 Å². The zero-order valence-corrected chi connectivity index (χ0v) is 25.0. The highest BCUT2D eigenvalue weighted by molar-refractivity contribution is 5.40. The Kier molecular flexibility index (Phi) is 9.70. The van der Waals surface area contributed by atoms with Gasteiger partial charge in [0.05, 0.1) is 0 Å². The van der Waals surface area contributed by atoms with Crippen LogP contribution in [0.25, 0.3) is 0 Å². The molecule has 0 radical (unpaired) electrons. The average molecular weight is 625 g/mol. The molecular weight excluding hydrogens is 588 g/mol. The maximum Gasteiger partial charge on any atom is 0.119 e. The predicted octanol–water partition coefficient (Wildman–Crippen LogP) is 5.74. The third-order valence-electron chi connectivity index (χ3n) is 7.31. The lowest BCUT2D eigenvalue weighted by Crippen LogP contribution is -2.23. The summed E-state index contributed by atoms with van der Waals surface area (Å²) in [6.45, 7) is 2.40. The number of aromatic hydroxyl groups is 8. The quantitative estimate of drug-likeness (QED) is 0.0858. The number of nitrogens with zero attached hydrogens (tertiary/aromatic N) is 2. The Bertz CT molecular complexity index is 1490. The van der Waals surface area contributed by atoms with Crippen molar-refractivity contribution < 1.29 is 40.9 Å². The van der Waals surface area contributed by atoms with Crippen molar-refractivity contribution in [3.63, 3.8) is 0 Å². The first kappa shape index (κ1) is 31.8. The van der Waals surface area contributed by atoms with Gasteiger partial charge in [-0.2, -0.15) is 0 Å². The fourth-order valence-corrected chi connectivity index (χ4v) is 5.63. The number of benzene rings is 5. The highest BCUT2D eigenvalue weighted by Gasteiger charge is 2.14. The van der Waals surface area contributed by atoms with Crippen molar-refractivity contribution in [3.05, 3.63) is 130 Å². The maximum absolute atomic E-state index is 10.0. The first-order valence-electron chi connectivity index (χ1n) is 14.6. The van der Waals surface area contributed by atoms with E-state index in [4.69, 9.17) is 0 Å². The number of phenolic OH excluding ortho intramolecular Hbond substituents is 8. The van der Waals surface area contributed by atoms with Gasteiger partial charge in [-0.15, -0.1) is 0 Å². The zero-order chi connectivity index (χ0) is 32.8. The summed E-state index contributed by atoms with van der Waals surface area (Å²) in [7, 11) is 0. The van der Waals surface area contributed by atoms with Gasteiger partial charge in [-0.05, 0) is 81.9 Å². The molecule has 238 valence electrons. The molecular formula is C36H36N2O8. The highest BCUT2D eigenvalue weighted by Crippen LogP contribution is 2.28. The van der Waals surface area contributed by atoms with Crippen LogP contribution in [0.15, 0.2) is 97.1 Å². The van der Waals surface area contributed by atoms with E-state index in [0.29, 0.717) is 61.5 Å². The molecule has 46 heavy (non-hydrogen) atoms. The Morgan fingerprint density at radius 3 is 0.630 bits per heavy atom. The predicted molar refractivity (Wildman–Crippen MR) is 171 cm³/mol. The molecule has 0 amide bonds. The Morgan fingerprint density at radius 2 is 0.435 bits per heavy atom. The molecule has 5 aromatic carbocycles. The normalized spacial score (nSPS) is 11.3. The summed E-state index contributed by atoms with van der Waals surface area (Å²) in [6.07, 6.45) is 0. The monoisotopic (exact) mass is 624 g/mol. The molecule has 5 aromatic rings. The van der Waals surface area contributed by atoms with Crippen LogP contribution in [-0.4, -0.2) is 50.7 Å². The van der Waals surface area contributed by atoms with Gasteiger partial charge in [0.2, 0.25) is 0 Å². The molecule has 10 heteroatoms. The van der Waals surface area contributed by atoms with E-state index in [9.17, 15) is 40.9 Å². The van der Waals surface area contributed by atoms with Crippen molar-refractivity contribution >= 4 is 0 Å². The summed E-state index contributed by atoms with van der Waals surface area (Å²) < 4.78 is 0. The minimum absolute atomic E-state index is 0.0549. The molecule has 0 saturated heterocycles. The Hall–Kier alpha value is -5.58. The van der Waals surface area contributed by atoms with Gasteiger partial charge in [-0.3, -0.25) is 9.80 Å². The van der Waals surface area contributed by atoms with Crippen LogP contribution in [0.3, 0.4) is 0 Å². The largest absolute Gasteiger partial charge is 0.508 e. The van der Waals surface area contributed by atoms with Crippen LogP contribution in [0.5, 0.6) is 46.0 Å².